The summed E-state index contributed by atoms with van der Waals surface area (Å²) in [5.41, 5.74) is 0.980. The summed E-state index contributed by atoms with van der Waals surface area (Å²) < 4.78 is 0. The maximum Gasteiger partial charge on any atom is 0.225 e. The Balaban J connectivity index is 0.00000208. The largest absolute Gasteiger partial charge is 0.325 e. The number of para-hydroxylation sites is 1. The van der Waals surface area contributed by atoms with E-state index in [-0.39, 0.29) is 23.9 Å². The van der Waals surface area contributed by atoms with Gasteiger partial charge >= 0.3 is 0 Å². The number of halogens is 2. The van der Waals surface area contributed by atoms with Crippen molar-refractivity contribution in [3.05, 3.63) is 29.3 Å². The highest BCUT2D eigenvalue weighted by Crippen LogP contribution is 2.34. The quantitative estimate of drug-likeness (QED) is 0.847. The highest BCUT2D eigenvalue weighted by atomic mass is 35.5. The molecule has 1 aliphatic heterocycles. The Morgan fingerprint density at radius 3 is 2.75 bits per heavy atom. The third kappa shape index (κ3) is 4.63. The van der Waals surface area contributed by atoms with Crippen LogP contribution in [0.2, 0.25) is 5.02 Å². The summed E-state index contributed by atoms with van der Waals surface area (Å²) in [6.07, 6.45) is 7.00. The summed E-state index contributed by atoms with van der Waals surface area (Å²) in [6, 6.07) is 7.39. The standard InChI is InChI=1S/C18H26ClN3O.ClH/c19-15-6-2-3-7-16(15)21-17(23)8-12-22-13-11-20-14-18(22)9-4-1-5-10-18;/h2-3,6-7,20H,1,4-5,8-14H2,(H,21,23);1H. The lowest BCUT2D eigenvalue weighted by Gasteiger charge is -2.50. The number of anilines is 1. The molecule has 134 valence electrons. The van der Waals surface area contributed by atoms with Crippen LogP contribution < -0.4 is 10.6 Å². The second-order valence-electron chi connectivity index (χ2n) is 6.73. The van der Waals surface area contributed by atoms with E-state index in [4.69, 9.17) is 11.6 Å². The summed E-state index contributed by atoms with van der Waals surface area (Å²) >= 11 is 6.10. The first-order chi connectivity index (χ1) is 11.2. The molecule has 0 bridgehead atoms. The number of benzene rings is 1. The maximum absolute atomic E-state index is 12.3. The molecule has 1 aromatic carbocycles. The van der Waals surface area contributed by atoms with Gasteiger partial charge in [0.05, 0.1) is 10.7 Å². The predicted molar refractivity (Wildman–Crippen MR) is 102 cm³/mol. The van der Waals surface area contributed by atoms with E-state index in [2.05, 4.69) is 15.5 Å². The van der Waals surface area contributed by atoms with Crippen molar-refractivity contribution in [3.8, 4) is 0 Å². The first-order valence-electron chi connectivity index (χ1n) is 8.70. The molecule has 1 aliphatic carbocycles. The maximum atomic E-state index is 12.3. The topological polar surface area (TPSA) is 44.4 Å². The van der Waals surface area contributed by atoms with Crippen molar-refractivity contribution in [2.75, 3.05) is 31.5 Å². The Kier molecular flexibility index (Phi) is 7.35. The smallest absolute Gasteiger partial charge is 0.225 e. The van der Waals surface area contributed by atoms with Gasteiger partial charge in [0.1, 0.15) is 0 Å². The summed E-state index contributed by atoms with van der Waals surface area (Å²) in [5.74, 6) is 0.0441. The van der Waals surface area contributed by atoms with Gasteiger partial charge in [-0.2, -0.15) is 0 Å². The number of hydrogen-bond donors (Lipinski definition) is 2. The second kappa shape index (κ2) is 9.04. The van der Waals surface area contributed by atoms with Crippen molar-refractivity contribution in [2.24, 2.45) is 0 Å². The Hall–Kier alpha value is -0.810. The van der Waals surface area contributed by atoms with E-state index < -0.39 is 0 Å². The zero-order chi connectivity index (χ0) is 16.1. The van der Waals surface area contributed by atoms with Crippen LogP contribution in [0.3, 0.4) is 0 Å². The third-order valence-corrected chi connectivity index (χ3v) is 5.55. The normalized spacial score (nSPS) is 20.4. The number of carbonyl (C=O) groups is 1. The van der Waals surface area contributed by atoms with Crippen molar-refractivity contribution < 1.29 is 4.79 Å². The summed E-state index contributed by atoms with van der Waals surface area (Å²) in [7, 11) is 0. The third-order valence-electron chi connectivity index (χ3n) is 5.22. The van der Waals surface area contributed by atoms with Crippen LogP contribution in [-0.2, 0) is 4.79 Å². The number of hydrogen-bond acceptors (Lipinski definition) is 3. The molecule has 2 N–H and O–H groups in total. The monoisotopic (exact) mass is 371 g/mol. The van der Waals surface area contributed by atoms with Crippen LogP contribution in [0.5, 0.6) is 0 Å². The highest BCUT2D eigenvalue weighted by molar-refractivity contribution is 6.33. The van der Waals surface area contributed by atoms with Gasteiger partial charge in [0.15, 0.2) is 0 Å². The van der Waals surface area contributed by atoms with Crippen molar-refractivity contribution in [1.29, 1.82) is 0 Å². The number of amides is 1. The minimum atomic E-state index is 0. The minimum absolute atomic E-state index is 0. The number of nitrogens with one attached hydrogen (secondary N) is 2. The minimum Gasteiger partial charge on any atom is -0.325 e. The van der Waals surface area contributed by atoms with Crippen LogP contribution in [0.4, 0.5) is 5.69 Å². The molecule has 0 aromatic heterocycles. The molecule has 0 unspecified atom stereocenters. The lowest BCUT2D eigenvalue weighted by molar-refractivity contribution is -0.117. The van der Waals surface area contributed by atoms with Crippen molar-refractivity contribution in [2.45, 2.75) is 44.1 Å². The van der Waals surface area contributed by atoms with Crippen molar-refractivity contribution in [3.63, 3.8) is 0 Å². The molecule has 3 rings (SSSR count). The fourth-order valence-corrected chi connectivity index (χ4v) is 4.13. The first-order valence-corrected chi connectivity index (χ1v) is 9.08. The number of carbonyl (C=O) groups excluding carboxylic acids is 1. The van der Waals surface area contributed by atoms with Gasteiger partial charge in [0.25, 0.3) is 0 Å². The summed E-state index contributed by atoms with van der Waals surface area (Å²) in [5, 5.41) is 7.07. The molecule has 0 radical (unpaired) electrons. The van der Waals surface area contributed by atoms with E-state index >= 15 is 0 Å². The van der Waals surface area contributed by atoms with Gasteiger partial charge in [0.2, 0.25) is 5.91 Å². The van der Waals surface area contributed by atoms with E-state index in [1.54, 1.807) is 6.07 Å². The van der Waals surface area contributed by atoms with Gasteiger partial charge < -0.3 is 10.6 Å². The first kappa shape index (κ1) is 19.5. The highest BCUT2D eigenvalue weighted by Gasteiger charge is 2.39. The predicted octanol–water partition coefficient (Wildman–Crippen LogP) is 3.70. The van der Waals surface area contributed by atoms with Crippen LogP contribution >= 0.6 is 24.0 Å². The van der Waals surface area contributed by atoms with Gasteiger partial charge in [-0.1, -0.05) is 43.0 Å². The van der Waals surface area contributed by atoms with Gasteiger partial charge in [0, 0.05) is 38.1 Å². The fraction of sp³-hybridized carbons (Fsp3) is 0.611. The van der Waals surface area contributed by atoms with Gasteiger partial charge in [-0.3, -0.25) is 9.69 Å². The summed E-state index contributed by atoms with van der Waals surface area (Å²) in [4.78, 5) is 14.8. The molecular formula is C18H27Cl2N3O. The van der Waals surface area contributed by atoms with Crippen LogP contribution in [0, 0.1) is 0 Å². The molecule has 1 heterocycles. The molecule has 1 saturated heterocycles. The van der Waals surface area contributed by atoms with Crippen molar-refractivity contribution >= 4 is 35.6 Å². The average molecular weight is 372 g/mol. The van der Waals surface area contributed by atoms with E-state index in [0.717, 1.165) is 26.2 Å². The van der Waals surface area contributed by atoms with E-state index in [0.29, 0.717) is 17.1 Å². The Morgan fingerprint density at radius 1 is 1.25 bits per heavy atom. The number of piperazine rings is 1. The molecule has 1 aromatic rings. The molecule has 1 spiro atoms. The molecule has 2 fully saturated rings. The van der Waals surface area contributed by atoms with Crippen LogP contribution in [0.15, 0.2) is 24.3 Å². The van der Waals surface area contributed by atoms with Crippen LogP contribution in [0.1, 0.15) is 38.5 Å². The second-order valence-corrected chi connectivity index (χ2v) is 7.13. The van der Waals surface area contributed by atoms with E-state index in [1.165, 1.54) is 32.1 Å². The molecule has 4 nitrogen and oxygen atoms in total. The number of nitrogens with zero attached hydrogens (tertiary/aromatic N) is 1. The molecule has 0 atom stereocenters. The van der Waals surface area contributed by atoms with Crippen LogP contribution in [0.25, 0.3) is 0 Å². The fourth-order valence-electron chi connectivity index (χ4n) is 3.95. The van der Waals surface area contributed by atoms with Gasteiger partial charge in [-0.05, 0) is 25.0 Å². The SMILES string of the molecule is Cl.O=C(CCN1CCNCC12CCCCC2)Nc1ccccc1Cl. The van der Waals surface area contributed by atoms with Crippen LogP contribution in [-0.4, -0.2) is 42.5 Å². The van der Waals surface area contributed by atoms with E-state index in [1.807, 2.05) is 18.2 Å². The zero-order valence-corrected chi connectivity index (χ0v) is 15.6. The van der Waals surface area contributed by atoms with Gasteiger partial charge in [-0.25, -0.2) is 0 Å². The van der Waals surface area contributed by atoms with Gasteiger partial charge in [-0.15, -0.1) is 12.4 Å². The molecular weight excluding hydrogens is 345 g/mol. The lowest BCUT2D eigenvalue weighted by atomic mass is 9.79. The lowest BCUT2D eigenvalue weighted by Crippen LogP contribution is -2.62. The summed E-state index contributed by atoms with van der Waals surface area (Å²) in [6.45, 7) is 3.96. The molecule has 1 saturated carbocycles. The Morgan fingerprint density at radius 2 is 2.00 bits per heavy atom. The molecule has 1 amide bonds. The van der Waals surface area contributed by atoms with E-state index in [9.17, 15) is 4.79 Å². The number of rotatable bonds is 4. The molecule has 2 aliphatic rings. The Bertz CT molecular complexity index is 539. The molecule has 24 heavy (non-hydrogen) atoms. The average Bonchev–Trinajstić information content (AvgIpc) is 2.57. The Labute approximate surface area is 155 Å². The zero-order valence-electron chi connectivity index (χ0n) is 14.0. The van der Waals surface area contributed by atoms with Crippen molar-refractivity contribution in [1.82, 2.24) is 10.2 Å². The molecule has 6 heteroatoms.